The van der Waals surface area contributed by atoms with E-state index in [-0.39, 0.29) is 0 Å². The summed E-state index contributed by atoms with van der Waals surface area (Å²) < 4.78 is 0. The summed E-state index contributed by atoms with van der Waals surface area (Å²) in [7, 11) is 0. The summed E-state index contributed by atoms with van der Waals surface area (Å²) in [4.78, 5) is 2.48. The molecule has 0 spiro atoms. The molecule has 0 aliphatic carbocycles. The Balaban J connectivity index is 2.20. The summed E-state index contributed by atoms with van der Waals surface area (Å²) in [5.74, 6) is 0. The molecule has 0 aromatic heterocycles. The molecule has 0 bridgehead atoms. The van der Waals surface area contributed by atoms with Gasteiger partial charge in [-0.1, -0.05) is 26.7 Å². The Kier molecular flexibility index (Phi) is 7.01. The van der Waals surface area contributed by atoms with E-state index < -0.39 is 0 Å². The predicted molar refractivity (Wildman–Crippen MR) is 68.7 cm³/mol. The highest BCUT2D eigenvalue weighted by molar-refractivity contribution is 4.74. The number of aliphatic hydroxyl groups is 1. The molecule has 0 amide bonds. The van der Waals surface area contributed by atoms with E-state index >= 15 is 0 Å². The number of likely N-dealkylation sites (tertiary alicyclic amines) is 1. The minimum absolute atomic E-state index is 0.331. The lowest BCUT2D eigenvalue weighted by atomic mass is 10.1. The lowest BCUT2D eigenvalue weighted by Crippen LogP contribution is -2.39. The normalized spacial score (nSPS) is 23.6. The SMILES string of the molecule is CC(C)NCCCN1CCCCCC1CO. The summed E-state index contributed by atoms with van der Waals surface area (Å²) in [5.41, 5.74) is 0. The Labute approximate surface area is 100 Å². The molecule has 1 aliphatic heterocycles. The minimum Gasteiger partial charge on any atom is -0.395 e. The fourth-order valence-electron chi connectivity index (χ4n) is 2.41. The lowest BCUT2D eigenvalue weighted by molar-refractivity contribution is 0.123. The first-order chi connectivity index (χ1) is 7.74. The largest absolute Gasteiger partial charge is 0.395 e. The van der Waals surface area contributed by atoms with Crippen LogP contribution in [-0.2, 0) is 0 Å². The van der Waals surface area contributed by atoms with Crippen LogP contribution in [0.2, 0.25) is 0 Å². The molecule has 0 radical (unpaired) electrons. The summed E-state index contributed by atoms with van der Waals surface area (Å²) in [6.45, 7) is 8.09. The molecule has 1 aliphatic rings. The van der Waals surface area contributed by atoms with Crippen molar-refractivity contribution in [3.05, 3.63) is 0 Å². The topological polar surface area (TPSA) is 35.5 Å². The molecule has 0 aromatic rings. The second kappa shape index (κ2) is 8.04. The molecule has 2 N–H and O–H groups in total. The van der Waals surface area contributed by atoms with Gasteiger partial charge in [0.2, 0.25) is 0 Å². The standard InChI is InChI=1S/C13H28N2O/c1-12(2)14-8-6-10-15-9-5-3-4-7-13(15)11-16/h12-14,16H,3-11H2,1-2H3. The Bertz CT molecular complexity index is 173. The molecule has 3 heteroatoms. The van der Waals surface area contributed by atoms with Crippen molar-refractivity contribution in [2.24, 2.45) is 0 Å². The van der Waals surface area contributed by atoms with Gasteiger partial charge in [-0.2, -0.15) is 0 Å². The van der Waals surface area contributed by atoms with Gasteiger partial charge in [-0.3, -0.25) is 4.90 Å². The molecular formula is C13H28N2O. The Morgan fingerprint density at radius 1 is 1.31 bits per heavy atom. The van der Waals surface area contributed by atoms with Crippen molar-refractivity contribution in [1.29, 1.82) is 0 Å². The fourth-order valence-corrected chi connectivity index (χ4v) is 2.41. The average Bonchev–Trinajstić information content (AvgIpc) is 2.48. The summed E-state index contributed by atoms with van der Waals surface area (Å²) >= 11 is 0. The maximum absolute atomic E-state index is 9.37. The highest BCUT2D eigenvalue weighted by atomic mass is 16.3. The van der Waals surface area contributed by atoms with Crippen LogP contribution in [0.25, 0.3) is 0 Å². The van der Waals surface area contributed by atoms with Crippen molar-refractivity contribution < 1.29 is 5.11 Å². The zero-order chi connectivity index (χ0) is 11.8. The van der Waals surface area contributed by atoms with Crippen LogP contribution in [0.3, 0.4) is 0 Å². The summed E-state index contributed by atoms with van der Waals surface area (Å²) in [6.07, 6.45) is 6.28. The van der Waals surface area contributed by atoms with Crippen LogP contribution in [0.4, 0.5) is 0 Å². The van der Waals surface area contributed by atoms with Crippen molar-refractivity contribution in [1.82, 2.24) is 10.2 Å². The van der Waals surface area contributed by atoms with Gasteiger partial charge in [0.15, 0.2) is 0 Å². The lowest BCUT2D eigenvalue weighted by Gasteiger charge is -2.28. The molecule has 1 rings (SSSR count). The van der Waals surface area contributed by atoms with E-state index in [1.54, 1.807) is 0 Å². The van der Waals surface area contributed by atoms with E-state index in [9.17, 15) is 5.11 Å². The van der Waals surface area contributed by atoms with Crippen LogP contribution in [-0.4, -0.2) is 48.3 Å². The smallest absolute Gasteiger partial charge is 0.0586 e. The number of rotatable bonds is 6. The molecule has 3 nitrogen and oxygen atoms in total. The Morgan fingerprint density at radius 3 is 2.81 bits per heavy atom. The predicted octanol–water partition coefficient (Wildman–Crippen LogP) is 1.61. The molecule has 0 saturated carbocycles. The molecule has 1 saturated heterocycles. The van der Waals surface area contributed by atoms with Crippen LogP contribution < -0.4 is 5.32 Å². The fraction of sp³-hybridized carbons (Fsp3) is 1.00. The van der Waals surface area contributed by atoms with E-state index in [4.69, 9.17) is 0 Å². The Hall–Kier alpha value is -0.120. The van der Waals surface area contributed by atoms with Crippen molar-refractivity contribution in [2.75, 3.05) is 26.2 Å². The van der Waals surface area contributed by atoms with E-state index in [1.165, 1.54) is 38.6 Å². The van der Waals surface area contributed by atoms with Gasteiger partial charge in [0.05, 0.1) is 6.61 Å². The third-order valence-corrected chi connectivity index (χ3v) is 3.38. The molecule has 1 fully saturated rings. The first-order valence-corrected chi connectivity index (χ1v) is 6.82. The summed E-state index contributed by atoms with van der Waals surface area (Å²) in [5, 5.41) is 12.8. The zero-order valence-corrected chi connectivity index (χ0v) is 10.9. The van der Waals surface area contributed by atoms with Gasteiger partial charge < -0.3 is 10.4 Å². The van der Waals surface area contributed by atoms with E-state index in [1.807, 2.05) is 0 Å². The van der Waals surface area contributed by atoms with Crippen molar-refractivity contribution in [2.45, 2.75) is 58.0 Å². The van der Waals surface area contributed by atoms with E-state index in [0.29, 0.717) is 18.7 Å². The van der Waals surface area contributed by atoms with Crippen molar-refractivity contribution >= 4 is 0 Å². The van der Waals surface area contributed by atoms with Gasteiger partial charge in [0.25, 0.3) is 0 Å². The van der Waals surface area contributed by atoms with Gasteiger partial charge in [-0.15, -0.1) is 0 Å². The average molecular weight is 228 g/mol. The first-order valence-electron chi connectivity index (χ1n) is 6.82. The second-order valence-corrected chi connectivity index (χ2v) is 5.18. The van der Waals surface area contributed by atoms with Gasteiger partial charge in [-0.05, 0) is 38.9 Å². The highest BCUT2D eigenvalue weighted by Gasteiger charge is 2.19. The van der Waals surface area contributed by atoms with Crippen LogP contribution in [0.1, 0.15) is 46.0 Å². The van der Waals surface area contributed by atoms with Crippen LogP contribution >= 0.6 is 0 Å². The molecule has 0 aromatic carbocycles. The van der Waals surface area contributed by atoms with Crippen LogP contribution in [0.15, 0.2) is 0 Å². The molecule has 1 heterocycles. The summed E-state index contributed by atoms with van der Waals surface area (Å²) in [6, 6.07) is 0.999. The van der Waals surface area contributed by atoms with E-state index in [2.05, 4.69) is 24.1 Å². The van der Waals surface area contributed by atoms with Gasteiger partial charge in [-0.25, -0.2) is 0 Å². The number of aliphatic hydroxyl groups excluding tert-OH is 1. The molecule has 16 heavy (non-hydrogen) atoms. The Morgan fingerprint density at radius 2 is 2.12 bits per heavy atom. The first kappa shape index (κ1) is 13.9. The quantitative estimate of drug-likeness (QED) is 0.678. The van der Waals surface area contributed by atoms with Crippen molar-refractivity contribution in [3.8, 4) is 0 Å². The highest BCUT2D eigenvalue weighted by Crippen LogP contribution is 2.16. The third-order valence-electron chi connectivity index (χ3n) is 3.38. The van der Waals surface area contributed by atoms with Gasteiger partial charge in [0, 0.05) is 12.1 Å². The van der Waals surface area contributed by atoms with Crippen molar-refractivity contribution in [3.63, 3.8) is 0 Å². The van der Waals surface area contributed by atoms with Crippen LogP contribution in [0, 0.1) is 0 Å². The number of nitrogens with zero attached hydrogens (tertiary/aromatic N) is 1. The van der Waals surface area contributed by atoms with Crippen LogP contribution in [0.5, 0.6) is 0 Å². The zero-order valence-electron chi connectivity index (χ0n) is 10.9. The maximum atomic E-state index is 9.37. The number of hydrogen-bond donors (Lipinski definition) is 2. The van der Waals surface area contributed by atoms with Gasteiger partial charge in [0.1, 0.15) is 0 Å². The molecular weight excluding hydrogens is 200 g/mol. The molecule has 1 unspecified atom stereocenters. The second-order valence-electron chi connectivity index (χ2n) is 5.18. The number of nitrogens with one attached hydrogen (secondary N) is 1. The minimum atomic E-state index is 0.331. The van der Waals surface area contributed by atoms with Gasteiger partial charge >= 0.3 is 0 Å². The maximum Gasteiger partial charge on any atom is 0.0586 e. The third kappa shape index (κ3) is 5.28. The number of hydrogen-bond acceptors (Lipinski definition) is 3. The molecule has 1 atom stereocenters. The molecule has 96 valence electrons. The monoisotopic (exact) mass is 228 g/mol. The van der Waals surface area contributed by atoms with E-state index in [0.717, 1.165) is 13.1 Å².